The van der Waals surface area contributed by atoms with Gasteiger partial charge in [-0.15, -0.1) is 11.8 Å². The fraction of sp³-hybridized carbons (Fsp3) is 0.381. The van der Waals surface area contributed by atoms with Gasteiger partial charge in [0.15, 0.2) is 0 Å². The smallest absolute Gasteiger partial charge is 0.313 e. The molecule has 0 aromatic heterocycles. The van der Waals surface area contributed by atoms with Crippen molar-refractivity contribution in [2.45, 2.75) is 25.2 Å². The number of carbonyl (C=O) groups is 1. The minimum absolute atomic E-state index is 0.0168. The standard InChI is InChI=1S/C21H24BrFO4S/c1-21(13-28-12-20(24)25,17-10-15(22)5-7-18(17)23)9-8-14-4-6-16(26-2)11-19(14)27-3/h4-7,10-11H,8-9,12-13H2,1-3H3,(H,24,25)/t21-/m0/s1. The van der Waals surface area contributed by atoms with Crippen molar-refractivity contribution in [2.75, 3.05) is 25.7 Å². The number of rotatable bonds is 10. The molecule has 0 saturated heterocycles. The second-order valence-corrected chi connectivity index (χ2v) is 8.65. The van der Waals surface area contributed by atoms with Crippen LogP contribution in [0.4, 0.5) is 4.39 Å². The highest BCUT2D eigenvalue weighted by molar-refractivity contribution is 9.10. The summed E-state index contributed by atoms with van der Waals surface area (Å²) in [4.78, 5) is 10.9. The predicted molar refractivity (Wildman–Crippen MR) is 114 cm³/mol. The molecule has 0 radical (unpaired) electrons. The van der Waals surface area contributed by atoms with Crippen LogP contribution in [0.2, 0.25) is 0 Å². The molecule has 0 bridgehead atoms. The van der Waals surface area contributed by atoms with Gasteiger partial charge in [0.05, 0.1) is 20.0 Å². The Morgan fingerprint density at radius 1 is 1.21 bits per heavy atom. The van der Waals surface area contributed by atoms with Crippen molar-refractivity contribution < 1.29 is 23.8 Å². The van der Waals surface area contributed by atoms with Gasteiger partial charge in [-0.05, 0) is 48.2 Å². The van der Waals surface area contributed by atoms with Crippen LogP contribution in [0.1, 0.15) is 24.5 Å². The Labute approximate surface area is 177 Å². The summed E-state index contributed by atoms with van der Waals surface area (Å²) in [5.41, 5.74) is 1.03. The van der Waals surface area contributed by atoms with Crippen molar-refractivity contribution in [1.29, 1.82) is 0 Å². The molecule has 0 heterocycles. The number of hydrogen-bond donors (Lipinski definition) is 1. The van der Waals surface area contributed by atoms with Crippen molar-refractivity contribution in [1.82, 2.24) is 0 Å². The molecule has 0 fully saturated rings. The lowest BCUT2D eigenvalue weighted by atomic mass is 9.79. The molecule has 28 heavy (non-hydrogen) atoms. The van der Waals surface area contributed by atoms with E-state index in [-0.39, 0.29) is 11.6 Å². The summed E-state index contributed by atoms with van der Waals surface area (Å²) >= 11 is 4.71. The molecule has 4 nitrogen and oxygen atoms in total. The molecule has 1 atom stereocenters. The van der Waals surface area contributed by atoms with Crippen LogP contribution in [0, 0.1) is 5.82 Å². The first-order chi connectivity index (χ1) is 13.3. The summed E-state index contributed by atoms with van der Waals surface area (Å²) < 4.78 is 26.1. The van der Waals surface area contributed by atoms with E-state index < -0.39 is 11.4 Å². The third-order valence-corrected chi connectivity index (χ3v) is 6.45. The molecule has 0 spiro atoms. The maximum atomic E-state index is 14.6. The zero-order valence-electron chi connectivity index (χ0n) is 16.1. The number of carboxylic acids is 1. The first kappa shape index (κ1) is 22.6. The average Bonchev–Trinajstić information content (AvgIpc) is 2.67. The van der Waals surface area contributed by atoms with Crippen LogP contribution in [-0.4, -0.2) is 36.8 Å². The van der Waals surface area contributed by atoms with E-state index >= 15 is 0 Å². The molecule has 0 amide bonds. The van der Waals surface area contributed by atoms with Crippen molar-refractivity contribution in [3.8, 4) is 11.5 Å². The van der Waals surface area contributed by atoms with Crippen molar-refractivity contribution in [3.05, 3.63) is 57.8 Å². The maximum absolute atomic E-state index is 14.6. The molecule has 7 heteroatoms. The predicted octanol–water partition coefficient (Wildman–Crippen LogP) is 5.31. The number of ether oxygens (including phenoxy) is 2. The zero-order valence-corrected chi connectivity index (χ0v) is 18.5. The Morgan fingerprint density at radius 3 is 2.61 bits per heavy atom. The molecule has 0 aliphatic rings. The van der Waals surface area contributed by atoms with E-state index in [1.165, 1.54) is 17.8 Å². The van der Waals surface area contributed by atoms with Crippen LogP contribution in [0.25, 0.3) is 0 Å². The van der Waals surface area contributed by atoms with Crippen LogP contribution in [0.5, 0.6) is 11.5 Å². The van der Waals surface area contributed by atoms with Gasteiger partial charge in [-0.2, -0.15) is 0 Å². The minimum atomic E-state index is -0.876. The Balaban J connectivity index is 2.29. The lowest BCUT2D eigenvalue weighted by Gasteiger charge is -2.31. The van der Waals surface area contributed by atoms with Crippen LogP contribution < -0.4 is 9.47 Å². The second-order valence-electron chi connectivity index (χ2n) is 6.75. The van der Waals surface area contributed by atoms with Gasteiger partial charge in [0.2, 0.25) is 0 Å². The Morgan fingerprint density at radius 2 is 1.96 bits per heavy atom. The Hall–Kier alpha value is -1.73. The number of aliphatic carboxylic acids is 1. The van der Waals surface area contributed by atoms with Crippen LogP contribution in [0.15, 0.2) is 40.9 Å². The molecule has 2 aromatic rings. The normalized spacial score (nSPS) is 13.0. The molecule has 2 rings (SSSR count). The highest BCUT2D eigenvalue weighted by atomic mass is 79.9. The lowest BCUT2D eigenvalue weighted by molar-refractivity contribution is -0.133. The molecular weight excluding hydrogens is 447 g/mol. The Bertz CT molecular complexity index is 830. The molecule has 0 unspecified atom stereocenters. The van der Waals surface area contributed by atoms with E-state index in [0.717, 1.165) is 15.8 Å². The first-order valence-electron chi connectivity index (χ1n) is 8.75. The molecule has 0 aliphatic carbocycles. The highest BCUT2D eigenvalue weighted by Crippen LogP contribution is 2.37. The maximum Gasteiger partial charge on any atom is 0.313 e. The first-order valence-corrected chi connectivity index (χ1v) is 10.7. The molecule has 0 saturated carbocycles. The fourth-order valence-electron chi connectivity index (χ4n) is 3.08. The molecule has 152 valence electrons. The summed E-state index contributed by atoms with van der Waals surface area (Å²) in [6.45, 7) is 1.97. The monoisotopic (exact) mass is 470 g/mol. The van der Waals surface area contributed by atoms with E-state index in [1.807, 2.05) is 25.1 Å². The molecule has 0 aliphatic heterocycles. The third-order valence-electron chi connectivity index (χ3n) is 4.67. The number of hydrogen-bond acceptors (Lipinski definition) is 4. The summed E-state index contributed by atoms with van der Waals surface area (Å²) in [5.74, 6) is 0.734. The second kappa shape index (κ2) is 10.2. The number of methoxy groups -OCH3 is 2. The SMILES string of the molecule is COc1ccc(CC[C@@](C)(CSCC(=O)O)c2cc(Br)ccc2F)c(OC)c1. The van der Waals surface area contributed by atoms with E-state index in [2.05, 4.69) is 15.9 Å². The lowest BCUT2D eigenvalue weighted by Crippen LogP contribution is -2.28. The van der Waals surface area contributed by atoms with Crippen molar-refractivity contribution in [2.24, 2.45) is 0 Å². The van der Waals surface area contributed by atoms with Crippen LogP contribution in [0.3, 0.4) is 0 Å². The fourth-order valence-corrected chi connectivity index (χ4v) is 4.47. The summed E-state index contributed by atoms with van der Waals surface area (Å²) in [6, 6.07) is 10.5. The number of benzene rings is 2. The summed E-state index contributed by atoms with van der Waals surface area (Å²) in [6.07, 6.45) is 1.29. The van der Waals surface area contributed by atoms with E-state index in [1.54, 1.807) is 26.4 Å². The van der Waals surface area contributed by atoms with Gasteiger partial charge in [-0.25, -0.2) is 4.39 Å². The van der Waals surface area contributed by atoms with Gasteiger partial charge in [-0.1, -0.05) is 28.9 Å². The number of thioether (sulfide) groups is 1. The summed E-state index contributed by atoms with van der Waals surface area (Å²) in [5, 5.41) is 8.97. The summed E-state index contributed by atoms with van der Waals surface area (Å²) in [7, 11) is 3.20. The van der Waals surface area contributed by atoms with E-state index in [9.17, 15) is 9.18 Å². The highest BCUT2D eigenvalue weighted by Gasteiger charge is 2.30. The average molecular weight is 471 g/mol. The Kier molecular flexibility index (Phi) is 8.19. The van der Waals surface area contributed by atoms with Gasteiger partial charge in [0.1, 0.15) is 17.3 Å². The van der Waals surface area contributed by atoms with E-state index in [4.69, 9.17) is 14.6 Å². The van der Waals surface area contributed by atoms with Gasteiger partial charge < -0.3 is 14.6 Å². The van der Waals surface area contributed by atoms with Gasteiger partial charge in [-0.3, -0.25) is 4.79 Å². The van der Waals surface area contributed by atoms with Crippen LogP contribution >= 0.6 is 27.7 Å². The van der Waals surface area contributed by atoms with Crippen LogP contribution in [-0.2, 0) is 16.6 Å². The topological polar surface area (TPSA) is 55.8 Å². The number of aryl methyl sites for hydroxylation is 1. The molecular formula is C21H24BrFO4S. The third kappa shape index (κ3) is 5.88. The largest absolute Gasteiger partial charge is 0.497 e. The van der Waals surface area contributed by atoms with Gasteiger partial charge in [0.25, 0.3) is 0 Å². The van der Waals surface area contributed by atoms with Gasteiger partial charge in [0, 0.05) is 21.7 Å². The molecule has 1 N–H and O–H groups in total. The molecule has 2 aromatic carbocycles. The number of carboxylic acid groups (broad SMARTS) is 1. The quantitative estimate of drug-likeness (QED) is 0.509. The number of halogens is 2. The zero-order chi connectivity index (χ0) is 20.7. The van der Waals surface area contributed by atoms with E-state index in [0.29, 0.717) is 29.9 Å². The van der Waals surface area contributed by atoms with Crippen molar-refractivity contribution >= 4 is 33.7 Å². The van der Waals surface area contributed by atoms with Crippen molar-refractivity contribution in [3.63, 3.8) is 0 Å². The minimum Gasteiger partial charge on any atom is -0.497 e. The van der Waals surface area contributed by atoms with Gasteiger partial charge >= 0.3 is 5.97 Å².